The molecule has 4 saturated carbocycles. The highest BCUT2D eigenvalue weighted by atomic mass is 16.7. The lowest BCUT2D eigenvalue weighted by Gasteiger charge is -2.71. The van der Waals surface area contributed by atoms with E-state index in [9.17, 15) is 4.79 Å². The Morgan fingerprint density at radius 3 is 2.11 bits per heavy atom. The Balaban J connectivity index is 1.36. The average molecular weight is 375 g/mol. The lowest BCUT2D eigenvalue weighted by Crippen LogP contribution is -2.75. The number of carbonyl (C=O) groups excluding carboxylic acids is 1. The van der Waals surface area contributed by atoms with Crippen molar-refractivity contribution in [2.45, 2.75) is 109 Å². The molecule has 0 aromatic heterocycles. The summed E-state index contributed by atoms with van der Waals surface area (Å²) in [5.74, 6) is 2.28. The molecule has 0 aromatic carbocycles. The number of hydrogen-bond acceptors (Lipinski definition) is 3. The summed E-state index contributed by atoms with van der Waals surface area (Å²) in [6, 6.07) is 0. The van der Waals surface area contributed by atoms with Gasteiger partial charge < -0.3 is 14.6 Å². The third-order valence-electron chi connectivity index (χ3n) is 8.57. The molecule has 4 nitrogen and oxygen atoms in total. The molecular weight excluding hydrogens is 337 g/mol. The van der Waals surface area contributed by atoms with Gasteiger partial charge >= 0.3 is 7.12 Å². The quantitative estimate of drug-likeness (QED) is 0.732. The Morgan fingerprint density at radius 1 is 1.04 bits per heavy atom. The first-order chi connectivity index (χ1) is 12.4. The van der Waals surface area contributed by atoms with Crippen LogP contribution in [0.25, 0.3) is 0 Å². The SMILES string of the molecule is CC(C)[C@@H]1CC[C@@H](C)C[C@H]1C(=O)NC12CC(B3OC(C)(C)C(C)(C)O3)(C1)C2. The fraction of sp³-hybridized carbons (Fsp3) is 0.955. The molecule has 27 heavy (non-hydrogen) atoms. The topological polar surface area (TPSA) is 47.6 Å². The summed E-state index contributed by atoms with van der Waals surface area (Å²) in [6.45, 7) is 15.3. The van der Waals surface area contributed by atoms with E-state index in [1.54, 1.807) is 0 Å². The Hall–Kier alpha value is -0.545. The summed E-state index contributed by atoms with van der Waals surface area (Å²) in [7, 11) is -0.126. The molecule has 0 radical (unpaired) electrons. The van der Waals surface area contributed by atoms with Gasteiger partial charge in [-0.15, -0.1) is 0 Å². The van der Waals surface area contributed by atoms with Crippen LogP contribution < -0.4 is 5.32 Å². The highest BCUT2D eigenvalue weighted by Gasteiger charge is 2.77. The molecule has 1 heterocycles. The Labute approximate surface area is 165 Å². The van der Waals surface area contributed by atoms with E-state index in [1.807, 2.05) is 0 Å². The minimum absolute atomic E-state index is 0.0168. The van der Waals surface area contributed by atoms with Crippen molar-refractivity contribution < 1.29 is 14.1 Å². The maximum Gasteiger partial charge on any atom is 0.464 e. The monoisotopic (exact) mass is 375 g/mol. The van der Waals surface area contributed by atoms with E-state index in [-0.39, 0.29) is 35.1 Å². The fourth-order valence-corrected chi connectivity index (χ4v) is 6.20. The Morgan fingerprint density at radius 2 is 1.59 bits per heavy atom. The molecule has 1 saturated heterocycles. The standard InChI is InChI=1S/C22H38BNO3/c1-14(2)16-9-8-15(3)10-17(16)18(25)24-22-11-21(12-22,13-22)23-26-19(4,5)20(6,7)27-23/h14-17H,8-13H2,1-7H3,(H,24,25)/t15-,16+,17-,21?,22?/m1/s1. The van der Waals surface area contributed by atoms with Gasteiger partial charge in [-0.3, -0.25) is 4.79 Å². The summed E-state index contributed by atoms with van der Waals surface area (Å²) >= 11 is 0. The largest absolute Gasteiger partial charge is 0.464 e. The van der Waals surface area contributed by atoms with Crippen LogP contribution in [0.2, 0.25) is 5.31 Å². The first-order valence-electron chi connectivity index (χ1n) is 11.1. The summed E-state index contributed by atoms with van der Waals surface area (Å²) in [5.41, 5.74) is -0.526. The molecule has 2 bridgehead atoms. The van der Waals surface area contributed by atoms with Gasteiger partial charge in [0, 0.05) is 16.8 Å². The number of amides is 1. The van der Waals surface area contributed by atoms with E-state index in [4.69, 9.17) is 9.31 Å². The normalized spacial score (nSPS) is 44.6. The molecule has 3 atom stereocenters. The minimum atomic E-state index is -0.272. The van der Waals surface area contributed by atoms with Crippen LogP contribution in [0.1, 0.15) is 87.0 Å². The van der Waals surface area contributed by atoms with E-state index in [0.717, 1.165) is 25.7 Å². The van der Waals surface area contributed by atoms with Crippen LogP contribution in [0.15, 0.2) is 0 Å². The number of nitrogens with one attached hydrogen (secondary N) is 1. The van der Waals surface area contributed by atoms with Crippen LogP contribution in [0.5, 0.6) is 0 Å². The molecule has 1 amide bonds. The predicted octanol–water partition coefficient (Wildman–Crippen LogP) is 4.58. The van der Waals surface area contributed by atoms with Gasteiger partial charge in [0.2, 0.25) is 5.91 Å². The van der Waals surface area contributed by atoms with E-state index in [2.05, 4.69) is 53.8 Å². The molecule has 1 N–H and O–H groups in total. The predicted molar refractivity (Wildman–Crippen MR) is 108 cm³/mol. The van der Waals surface area contributed by atoms with Crippen LogP contribution in [0.4, 0.5) is 0 Å². The molecule has 5 rings (SSSR count). The van der Waals surface area contributed by atoms with Crippen molar-refractivity contribution in [2.24, 2.45) is 23.7 Å². The lowest BCUT2D eigenvalue weighted by atomic mass is 9.27. The molecule has 0 unspecified atom stereocenters. The molecule has 4 aliphatic carbocycles. The van der Waals surface area contributed by atoms with Gasteiger partial charge in [0.1, 0.15) is 0 Å². The van der Waals surface area contributed by atoms with E-state index < -0.39 is 0 Å². The maximum absolute atomic E-state index is 13.1. The Kier molecular flexibility index (Phi) is 4.38. The van der Waals surface area contributed by atoms with Crippen molar-refractivity contribution >= 4 is 13.0 Å². The second kappa shape index (κ2) is 5.98. The molecule has 5 fully saturated rings. The average Bonchev–Trinajstić information content (AvgIpc) is 2.68. The van der Waals surface area contributed by atoms with Gasteiger partial charge in [0.25, 0.3) is 0 Å². The van der Waals surface area contributed by atoms with Gasteiger partial charge in [-0.05, 0) is 77.6 Å². The zero-order valence-electron chi connectivity index (χ0n) is 18.4. The summed E-state index contributed by atoms with van der Waals surface area (Å²) < 4.78 is 12.6. The maximum atomic E-state index is 13.1. The van der Waals surface area contributed by atoms with Crippen molar-refractivity contribution in [1.29, 1.82) is 0 Å². The van der Waals surface area contributed by atoms with Gasteiger partial charge in [-0.25, -0.2) is 0 Å². The molecule has 1 aliphatic heterocycles. The van der Waals surface area contributed by atoms with Crippen molar-refractivity contribution in [3.63, 3.8) is 0 Å². The highest BCUT2D eigenvalue weighted by molar-refractivity contribution is 6.51. The number of rotatable bonds is 4. The Bertz CT molecular complexity index is 593. The van der Waals surface area contributed by atoms with Gasteiger partial charge in [-0.2, -0.15) is 0 Å². The summed E-state index contributed by atoms with van der Waals surface area (Å²) in [5, 5.41) is 3.59. The second-order valence-corrected chi connectivity index (χ2v) is 11.7. The second-order valence-electron chi connectivity index (χ2n) is 11.7. The first-order valence-corrected chi connectivity index (χ1v) is 11.1. The fourth-order valence-electron chi connectivity index (χ4n) is 6.20. The van der Waals surface area contributed by atoms with Crippen molar-refractivity contribution in [3.8, 4) is 0 Å². The molecule has 5 aliphatic rings. The van der Waals surface area contributed by atoms with Crippen LogP contribution in [-0.4, -0.2) is 29.8 Å². The van der Waals surface area contributed by atoms with Crippen molar-refractivity contribution in [2.75, 3.05) is 0 Å². The smallest absolute Gasteiger partial charge is 0.403 e. The number of carbonyl (C=O) groups is 1. The first kappa shape index (κ1) is 19.8. The van der Waals surface area contributed by atoms with Crippen LogP contribution >= 0.6 is 0 Å². The minimum Gasteiger partial charge on any atom is -0.403 e. The molecular formula is C22H38BNO3. The zero-order valence-corrected chi connectivity index (χ0v) is 18.4. The molecule has 0 aromatic rings. The summed E-state index contributed by atoms with van der Waals surface area (Å²) in [4.78, 5) is 13.1. The molecule has 5 heteroatoms. The third kappa shape index (κ3) is 2.99. The van der Waals surface area contributed by atoms with Crippen molar-refractivity contribution in [1.82, 2.24) is 5.32 Å². The van der Waals surface area contributed by atoms with E-state index >= 15 is 0 Å². The van der Waals surface area contributed by atoms with E-state index in [0.29, 0.717) is 23.7 Å². The van der Waals surface area contributed by atoms with Gasteiger partial charge in [-0.1, -0.05) is 27.2 Å². The molecule has 0 spiro atoms. The van der Waals surface area contributed by atoms with Gasteiger partial charge in [0.05, 0.1) is 11.2 Å². The third-order valence-corrected chi connectivity index (χ3v) is 8.57. The zero-order chi connectivity index (χ0) is 19.8. The van der Waals surface area contributed by atoms with Crippen LogP contribution in [-0.2, 0) is 14.1 Å². The number of hydrogen-bond donors (Lipinski definition) is 1. The summed E-state index contributed by atoms with van der Waals surface area (Å²) in [6.07, 6.45) is 6.54. The molecule has 152 valence electrons. The van der Waals surface area contributed by atoms with Crippen LogP contribution in [0.3, 0.4) is 0 Å². The highest BCUT2D eigenvalue weighted by Crippen LogP contribution is 2.75. The van der Waals surface area contributed by atoms with Gasteiger partial charge in [0.15, 0.2) is 0 Å². The van der Waals surface area contributed by atoms with Crippen molar-refractivity contribution in [3.05, 3.63) is 0 Å². The van der Waals surface area contributed by atoms with E-state index in [1.165, 1.54) is 12.8 Å². The van der Waals surface area contributed by atoms with Crippen LogP contribution in [0, 0.1) is 23.7 Å². The lowest BCUT2D eigenvalue weighted by molar-refractivity contribution is -0.141.